The van der Waals surface area contributed by atoms with Crippen LogP contribution in [0.25, 0.3) is 0 Å². The highest BCUT2D eigenvalue weighted by molar-refractivity contribution is 6.06. The van der Waals surface area contributed by atoms with Gasteiger partial charge in [0.15, 0.2) is 6.61 Å². The van der Waals surface area contributed by atoms with Gasteiger partial charge >= 0.3 is 0 Å². The number of nitrogens with one attached hydrogen (secondary N) is 2. The van der Waals surface area contributed by atoms with Gasteiger partial charge in [0.2, 0.25) is 0 Å². The van der Waals surface area contributed by atoms with E-state index in [0.717, 1.165) is 5.56 Å². The van der Waals surface area contributed by atoms with Crippen LogP contribution in [-0.4, -0.2) is 18.4 Å². The van der Waals surface area contributed by atoms with Gasteiger partial charge in [-0.25, -0.2) is 0 Å². The minimum Gasteiger partial charge on any atom is -0.482 e. The van der Waals surface area contributed by atoms with Gasteiger partial charge < -0.3 is 15.4 Å². The van der Waals surface area contributed by atoms with Gasteiger partial charge in [0.05, 0.1) is 17.3 Å². The lowest BCUT2D eigenvalue weighted by Gasteiger charge is -2.21. The minimum atomic E-state index is -0.260. The molecular formula is C17H16N2O3. The van der Waals surface area contributed by atoms with Gasteiger partial charge in [-0.05, 0) is 24.6 Å². The molecule has 0 aromatic heterocycles. The first-order chi connectivity index (χ1) is 10.6. The Bertz CT molecular complexity index is 713. The third-order valence-corrected chi connectivity index (χ3v) is 3.54. The van der Waals surface area contributed by atoms with Crippen molar-refractivity contribution in [1.29, 1.82) is 0 Å². The Balaban J connectivity index is 1.83. The summed E-state index contributed by atoms with van der Waals surface area (Å²) >= 11 is 0. The fraction of sp³-hybridized carbons (Fsp3) is 0.176. The molecule has 0 spiro atoms. The molecule has 1 aliphatic heterocycles. The van der Waals surface area contributed by atoms with Gasteiger partial charge in [-0.1, -0.05) is 36.4 Å². The van der Waals surface area contributed by atoms with Crippen molar-refractivity contribution in [3.8, 4) is 5.75 Å². The van der Waals surface area contributed by atoms with E-state index in [1.54, 1.807) is 18.2 Å². The third kappa shape index (κ3) is 2.79. The summed E-state index contributed by atoms with van der Waals surface area (Å²) < 4.78 is 5.32. The molecule has 2 N–H and O–H groups in total. The molecule has 0 saturated carbocycles. The molecule has 0 radical (unpaired) electrons. The lowest BCUT2D eigenvalue weighted by Crippen LogP contribution is -2.31. The zero-order valence-electron chi connectivity index (χ0n) is 12.1. The van der Waals surface area contributed by atoms with Crippen molar-refractivity contribution < 1.29 is 14.3 Å². The average molecular weight is 296 g/mol. The predicted molar refractivity (Wildman–Crippen MR) is 82.9 cm³/mol. The van der Waals surface area contributed by atoms with E-state index in [-0.39, 0.29) is 24.5 Å². The number of rotatable bonds is 3. The second kappa shape index (κ2) is 5.89. The zero-order valence-corrected chi connectivity index (χ0v) is 12.1. The first kappa shape index (κ1) is 14.1. The fourth-order valence-corrected chi connectivity index (χ4v) is 2.39. The summed E-state index contributed by atoms with van der Waals surface area (Å²) in [5.41, 5.74) is 1.84. The third-order valence-electron chi connectivity index (χ3n) is 3.54. The van der Waals surface area contributed by atoms with E-state index in [0.29, 0.717) is 17.0 Å². The molecular weight excluding hydrogens is 280 g/mol. The van der Waals surface area contributed by atoms with Gasteiger partial charge in [0.1, 0.15) is 5.75 Å². The molecule has 1 unspecified atom stereocenters. The number of anilines is 1. The van der Waals surface area contributed by atoms with Crippen LogP contribution in [0.3, 0.4) is 0 Å². The van der Waals surface area contributed by atoms with Crippen molar-refractivity contribution in [3.63, 3.8) is 0 Å². The second-order valence-electron chi connectivity index (χ2n) is 5.12. The molecule has 1 atom stereocenters. The van der Waals surface area contributed by atoms with Crippen LogP contribution < -0.4 is 15.4 Å². The number of hydrogen-bond acceptors (Lipinski definition) is 3. The van der Waals surface area contributed by atoms with Crippen molar-refractivity contribution in [3.05, 3.63) is 59.7 Å². The highest BCUT2D eigenvalue weighted by Crippen LogP contribution is 2.31. The van der Waals surface area contributed by atoms with E-state index in [2.05, 4.69) is 10.6 Å². The van der Waals surface area contributed by atoms with Crippen LogP contribution >= 0.6 is 0 Å². The summed E-state index contributed by atoms with van der Waals surface area (Å²) in [6.45, 7) is 1.89. The fourth-order valence-electron chi connectivity index (χ4n) is 2.39. The SMILES string of the molecule is CC(NC(=O)c1cccc2c1NC(=O)CO2)c1ccccc1. The quantitative estimate of drug-likeness (QED) is 0.914. The second-order valence-corrected chi connectivity index (χ2v) is 5.12. The van der Waals surface area contributed by atoms with Crippen LogP contribution in [0.5, 0.6) is 5.75 Å². The first-order valence-corrected chi connectivity index (χ1v) is 7.06. The van der Waals surface area contributed by atoms with E-state index in [9.17, 15) is 9.59 Å². The average Bonchev–Trinajstić information content (AvgIpc) is 2.55. The Morgan fingerprint density at radius 2 is 1.95 bits per heavy atom. The Labute approximate surface area is 128 Å². The minimum absolute atomic E-state index is 0.0293. The molecule has 5 nitrogen and oxygen atoms in total. The largest absolute Gasteiger partial charge is 0.482 e. The molecule has 0 aliphatic carbocycles. The lowest BCUT2D eigenvalue weighted by molar-refractivity contribution is -0.118. The molecule has 0 bridgehead atoms. The Kier molecular flexibility index (Phi) is 3.78. The lowest BCUT2D eigenvalue weighted by atomic mass is 10.1. The van der Waals surface area contributed by atoms with Gasteiger partial charge in [-0.15, -0.1) is 0 Å². The zero-order chi connectivity index (χ0) is 15.5. The van der Waals surface area contributed by atoms with Crippen LogP contribution in [0.15, 0.2) is 48.5 Å². The molecule has 5 heteroatoms. The van der Waals surface area contributed by atoms with Crippen LogP contribution in [0.2, 0.25) is 0 Å². The van der Waals surface area contributed by atoms with Crippen LogP contribution in [0.1, 0.15) is 28.9 Å². The smallest absolute Gasteiger partial charge is 0.262 e. The summed E-state index contributed by atoms with van der Waals surface area (Å²) in [6.07, 6.45) is 0. The van der Waals surface area contributed by atoms with E-state index >= 15 is 0 Å². The van der Waals surface area contributed by atoms with Crippen LogP contribution in [-0.2, 0) is 4.79 Å². The Morgan fingerprint density at radius 1 is 1.18 bits per heavy atom. The molecule has 1 aliphatic rings. The summed E-state index contributed by atoms with van der Waals surface area (Å²) in [5.74, 6) is 0.00229. The summed E-state index contributed by atoms with van der Waals surface area (Å²) in [5, 5.41) is 5.63. The van der Waals surface area contributed by atoms with Crippen molar-refractivity contribution in [2.45, 2.75) is 13.0 Å². The number of ether oxygens (including phenoxy) is 1. The first-order valence-electron chi connectivity index (χ1n) is 7.06. The molecule has 112 valence electrons. The van der Waals surface area contributed by atoms with Crippen molar-refractivity contribution in [2.75, 3.05) is 11.9 Å². The van der Waals surface area contributed by atoms with Crippen LogP contribution in [0.4, 0.5) is 5.69 Å². The maximum atomic E-state index is 12.5. The van der Waals surface area contributed by atoms with E-state index in [1.165, 1.54) is 0 Å². The molecule has 1 heterocycles. The maximum Gasteiger partial charge on any atom is 0.262 e. The van der Waals surface area contributed by atoms with Crippen molar-refractivity contribution in [2.24, 2.45) is 0 Å². The van der Waals surface area contributed by atoms with E-state index < -0.39 is 0 Å². The monoisotopic (exact) mass is 296 g/mol. The summed E-state index contributed by atoms with van der Waals surface area (Å²) in [4.78, 5) is 24.0. The standard InChI is InChI=1S/C17H16N2O3/c1-11(12-6-3-2-4-7-12)18-17(21)13-8-5-9-14-16(13)19-15(20)10-22-14/h2-9,11H,10H2,1H3,(H,18,21)(H,19,20). The van der Waals surface area contributed by atoms with Crippen molar-refractivity contribution in [1.82, 2.24) is 5.32 Å². The Morgan fingerprint density at radius 3 is 2.73 bits per heavy atom. The molecule has 3 rings (SSSR count). The van der Waals surface area contributed by atoms with E-state index in [1.807, 2.05) is 37.3 Å². The summed E-state index contributed by atoms with van der Waals surface area (Å²) in [7, 11) is 0. The van der Waals surface area contributed by atoms with Crippen molar-refractivity contribution >= 4 is 17.5 Å². The number of carbonyl (C=O) groups is 2. The molecule has 2 aromatic rings. The maximum absolute atomic E-state index is 12.5. The number of carbonyl (C=O) groups excluding carboxylic acids is 2. The normalized spacial score (nSPS) is 14.3. The topological polar surface area (TPSA) is 67.4 Å². The predicted octanol–water partition coefficient (Wildman–Crippen LogP) is 2.51. The number of hydrogen-bond donors (Lipinski definition) is 2. The van der Waals surface area contributed by atoms with Crippen LogP contribution in [0, 0.1) is 0 Å². The Hall–Kier alpha value is -2.82. The highest BCUT2D eigenvalue weighted by atomic mass is 16.5. The van der Waals surface area contributed by atoms with Gasteiger partial charge in [0.25, 0.3) is 11.8 Å². The number of benzene rings is 2. The molecule has 22 heavy (non-hydrogen) atoms. The van der Waals surface area contributed by atoms with Gasteiger partial charge in [-0.3, -0.25) is 9.59 Å². The van der Waals surface area contributed by atoms with Gasteiger partial charge in [0, 0.05) is 0 Å². The molecule has 2 aromatic carbocycles. The van der Waals surface area contributed by atoms with Gasteiger partial charge in [-0.2, -0.15) is 0 Å². The highest BCUT2D eigenvalue weighted by Gasteiger charge is 2.23. The summed E-state index contributed by atoms with van der Waals surface area (Å²) in [6, 6.07) is 14.7. The molecule has 0 fully saturated rings. The molecule has 0 saturated heterocycles. The number of fused-ring (bicyclic) bond motifs is 1. The van der Waals surface area contributed by atoms with E-state index in [4.69, 9.17) is 4.74 Å². The number of amides is 2. The number of para-hydroxylation sites is 1. The molecule has 2 amide bonds.